The van der Waals surface area contributed by atoms with E-state index in [0.29, 0.717) is 11.5 Å². The molecule has 0 bridgehead atoms. The number of nitrogens with one attached hydrogen (secondary N) is 1. The molecule has 1 unspecified atom stereocenters. The van der Waals surface area contributed by atoms with Crippen molar-refractivity contribution in [3.8, 4) is 0 Å². The lowest BCUT2D eigenvalue weighted by Gasteiger charge is -2.05. The molecule has 0 aromatic carbocycles. The van der Waals surface area contributed by atoms with E-state index in [-0.39, 0.29) is 0 Å². The van der Waals surface area contributed by atoms with E-state index in [1.165, 1.54) is 12.4 Å². The van der Waals surface area contributed by atoms with Crippen LogP contribution in [0.2, 0.25) is 0 Å². The number of nitro groups is 1. The minimum absolute atomic E-state index is 0.334. The first-order valence-electron chi connectivity index (χ1n) is 3.93. The molecule has 76 valence electrons. The molecular formula is C7H10N4O3. The Balaban J connectivity index is 2.71. The molecule has 0 amide bonds. The molecule has 1 aromatic rings. The van der Waals surface area contributed by atoms with Crippen molar-refractivity contribution in [3.05, 3.63) is 28.1 Å². The van der Waals surface area contributed by atoms with Crippen molar-refractivity contribution >= 4 is 5.95 Å². The van der Waals surface area contributed by atoms with E-state index in [2.05, 4.69) is 15.3 Å². The van der Waals surface area contributed by atoms with Crippen LogP contribution in [0.3, 0.4) is 0 Å². The summed E-state index contributed by atoms with van der Waals surface area (Å²) >= 11 is 0. The van der Waals surface area contributed by atoms with Crippen LogP contribution in [-0.4, -0.2) is 33.6 Å². The number of hydrogen-bond acceptors (Lipinski definition) is 6. The number of aliphatic hydroxyl groups is 1. The predicted octanol–water partition coefficient (Wildman–Crippen LogP) is -0.172. The quantitative estimate of drug-likeness (QED) is 0.514. The van der Waals surface area contributed by atoms with Gasteiger partial charge in [0, 0.05) is 29.9 Å². The molecule has 14 heavy (non-hydrogen) atoms. The molecule has 2 N–H and O–H groups in total. The van der Waals surface area contributed by atoms with Gasteiger partial charge < -0.3 is 10.4 Å². The fourth-order valence-electron chi connectivity index (χ4n) is 0.886. The third-order valence-electron chi connectivity index (χ3n) is 1.60. The molecule has 0 saturated carbocycles. The van der Waals surface area contributed by atoms with Crippen LogP contribution in [0, 0.1) is 10.1 Å². The Labute approximate surface area is 80.0 Å². The van der Waals surface area contributed by atoms with Gasteiger partial charge in [-0.25, -0.2) is 9.97 Å². The molecule has 0 radical (unpaired) electrons. The van der Waals surface area contributed by atoms with Gasteiger partial charge in [-0.2, -0.15) is 0 Å². The molecule has 1 aromatic heterocycles. The average molecular weight is 198 g/mol. The van der Waals surface area contributed by atoms with E-state index in [9.17, 15) is 15.2 Å². The summed E-state index contributed by atoms with van der Waals surface area (Å²) in [5.74, 6) is 0.405. The van der Waals surface area contributed by atoms with Gasteiger partial charge >= 0.3 is 0 Å². The lowest BCUT2D eigenvalue weighted by Crippen LogP contribution is -2.12. The lowest BCUT2D eigenvalue weighted by atomic mass is 10.2. The highest BCUT2D eigenvalue weighted by molar-refractivity contribution is 5.23. The number of nitrogens with zero attached hydrogens (tertiary/aromatic N) is 3. The van der Waals surface area contributed by atoms with Crippen LogP contribution in [0.1, 0.15) is 11.7 Å². The van der Waals surface area contributed by atoms with Gasteiger partial charge in [-0.1, -0.05) is 0 Å². The Hall–Kier alpha value is -1.76. The van der Waals surface area contributed by atoms with E-state index in [4.69, 9.17) is 0 Å². The van der Waals surface area contributed by atoms with Crippen molar-refractivity contribution in [3.63, 3.8) is 0 Å². The number of aromatic nitrogens is 2. The second-order valence-electron chi connectivity index (χ2n) is 2.62. The fourth-order valence-corrected chi connectivity index (χ4v) is 0.886. The second-order valence-corrected chi connectivity index (χ2v) is 2.62. The Morgan fingerprint density at radius 1 is 1.64 bits per heavy atom. The molecular weight excluding hydrogens is 188 g/mol. The minimum Gasteiger partial charge on any atom is -0.381 e. The summed E-state index contributed by atoms with van der Waals surface area (Å²) < 4.78 is 0. The molecule has 1 rings (SSSR count). The van der Waals surface area contributed by atoms with Crippen molar-refractivity contribution in [1.29, 1.82) is 0 Å². The van der Waals surface area contributed by atoms with E-state index in [0.717, 1.165) is 0 Å². The first-order valence-corrected chi connectivity index (χ1v) is 3.93. The van der Waals surface area contributed by atoms with Crippen molar-refractivity contribution < 1.29 is 10.0 Å². The molecule has 0 aliphatic carbocycles. The SMILES string of the molecule is CNc1ncc(C(O)C[N+](=O)[O-])cn1. The van der Waals surface area contributed by atoms with Gasteiger partial charge in [0.2, 0.25) is 12.5 Å². The van der Waals surface area contributed by atoms with Crippen LogP contribution in [0.15, 0.2) is 12.4 Å². The molecule has 0 spiro atoms. The van der Waals surface area contributed by atoms with Crippen LogP contribution >= 0.6 is 0 Å². The summed E-state index contributed by atoms with van der Waals surface area (Å²) in [4.78, 5) is 17.2. The topological polar surface area (TPSA) is 101 Å². The monoisotopic (exact) mass is 198 g/mol. The van der Waals surface area contributed by atoms with Gasteiger partial charge in [0.25, 0.3) is 0 Å². The second kappa shape index (κ2) is 4.47. The zero-order valence-electron chi connectivity index (χ0n) is 7.54. The van der Waals surface area contributed by atoms with Crippen LogP contribution in [0.5, 0.6) is 0 Å². The Morgan fingerprint density at radius 3 is 2.64 bits per heavy atom. The number of anilines is 1. The van der Waals surface area contributed by atoms with Crippen LogP contribution < -0.4 is 5.32 Å². The maximum absolute atomic E-state index is 10.1. The maximum atomic E-state index is 10.1. The lowest BCUT2D eigenvalue weighted by molar-refractivity contribution is -0.491. The third-order valence-corrected chi connectivity index (χ3v) is 1.60. The summed E-state index contributed by atoms with van der Waals surface area (Å²) in [5, 5.41) is 22.1. The van der Waals surface area contributed by atoms with Gasteiger partial charge in [0.05, 0.1) is 0 Å². The summed E-state index contributed by atoms with van der Waals surface area (Å²) in [7, 11) is 1.66. The van der Waals surface area contributed by atoms with Crippen LogP contribution in [0.4, 0.5) is 5.95 Å². The molecule has 7 heteroatoms. The van der Waals surface area contributed by atoms with Gasteiger partial charge in [0.15, 0.2) is 0 Å². The molecule has 0 aliphatic heterocycles. The molecule has 0 saturated heterocycles. The van der Waals surface area contributed by atoms with Gasteiger partial charge in [-0.3, -0.25) is 10.1 Å². The highest BCUT2D eigenvalue weighted by atomic mass is 16.6. The number of hydrogen-bond donors (Lipinski definition) is 2. The van der Waals surface area contributed by atoms with Gasteiger partial charge in [0.1, 0.15) is 6.10 Å². The predicted molar refractivity (Wildman–Crippen MR) is 48.4 cm³/mol. The standard InChI is InChI=1S/C7H10N4O3/c1-8-7-9-2-5(3-10-7)6(12)4-11(13)14/h2-3,6,12H,4H2,1H3,(H,8,9,10). The average Bonchev–Trinajstić information content (AvgIpc) is 2.17. The minimum atomic E-state index is -1.16. The zero-order chi connectivity index (χ0) is 10.6. The largest absolute Gasteiger partial charge is 0.381 e. The van der Waals surface area contributed by atoms with Crippen molar-refractivity contribution in [2.24, 2.45) is 0 Å². The summed E-state index contributed by atoms with van der Waals surface area (Å²) in [6, 6.07) is 0. The van der Waals surface area contributed by atoms with Gasteiger partial charge in [-0.15, -0.1) is 0 Å². The van der Waals surface area contributed by atoms with E-state index in [1.807, 2.05) is 0 Å². The number of aliphatic hydroxyl groups excluding tert-OH is 1. The van der Waals surface area contributed by atoms with E-state index < -0.39 is 17.6 Å². The van der Waals surface area contributed by atoms with Crippen molar-refractivity contribution in [1.82, 2.24) is 9.97 Å². The Morgan fingerprint density at radius 2 is 2.21 bits per heavy atom. The molecule has 0 aliphatic rings. The van der Waals surface area contributed by atoms with Crippen molar-refractivity contribution in [2.45, 2.75) is 6.10 Å². The summed E-state index contributed by atoms with van der Waals surface area (Å²) in [6.07, 6.45) is 1.55. The number of rotatable bonds is 4. The van der Waals surface area contributed by atoms with E-state index in [1.54, 1.807) is 7.05 Å². The zero-order valence-corrected chi connectivity index (χ0v) is 7.54. The normalized spacial score (nSPS) is 12.1. The highest BCUT2D eigenvalue weighted by Gasteiger charge is 2.14. The Bertz CT molecular complexity index is 313. The molecule has 7 nitrogen and oxygen atoms in total. The van der Waals surface area contributed by atoms with Crippen LogP contribution in [-0.2, 0) is 0 Å². The molecule has 1 heterocycles. The molecule has 1 atom stereocenters. The van der Waals surface area contributed by atoms with Gasteiger partial charge in [-0.05, 0) is 0 Å². The van der Waals surface area contributed by atoms with Crippen LogP contribution in [0.25, 0.3) is 0 Å². The third kappa shape index (κ3) is 2.63. The first-order chi connectivity index (χ1) is 6.63. The van der Waals surface area contributed by atoms with E-state index >= 15 is 0 Å². The Kier molecular flexibility index (Phi) is 3.29. The smallest absolute Gasteiger partial charge is 0.233 e. The summed E-state index contributed by atoms with van der Waals surface area (Å²) in [6.45, 7) is -0.539. The fraction of sp³-hybridized carbons (Fsp3) is 0.429. The highest BCUT2D eigenvalue weighted by Crippen LogP contribution is 2.10. The maximum Gasteiger partial charge on any atom is 0.233 e. The van der Waals surface area contributed by atoms with Crippen molar-refractivity contribution in [2.75, 3.05) is 18.9 Å². The molecule has 0 fully saturated rings. The first kappa shape index (κ1) is 10.3. The summed E-state index contributed by atoms with van der Waals surface area (Å²) in [5.41, 5.74) is 0.334.